The Balaban J connectivity index is 0.514. The van der Waals surface area contributed by atoms with E-state index in [9.17, 15) is 57.8 Å². The third-order valence-electron chi connectivity index (χ3n) is 20.1. The smallest absolute Gasteiger partial charge is 0.343 e. The van der Waals surface area contributed by atoms with Crippen LogP contribution < -0.4 is 42.8 Å². The number of ether oxygens (including phenoxy) is 11. The third-order valence-corrected chi connectivity index (χ3v) is 20.1. The van der Waals surface area contributed by atoms with Crippen LogP contribution in [0.5, 0.6) is 0 Å². The van der Waals surface area contributed by atoms with Gasteiger partial charge >= 0.3 is 5.97 Å². The van der Waals surface area contributed by atoms with Gasteiger partial charge < -0.3 is 99.0 Å². The molecule has 4 aromatic rings. The standard InChI is InChI=1S/C77H101FN10O23/c1-3-77(100)56-38-61-70-54(44-87(61)75(98)55(56)45-110-76(77)99)69-58(16-15-53-48(2)57(78)39-59(85-70)68(53)69)86-74(97)71(51-13-14-51)111-47-83-63(90)41-82-73(96)60(37-49-7-5-4-6-8-49)84-64(91)42-80-62(89)40-81-65(92)46-109-36-35-108-34-33-107-32-31-106-30-29-105-28-27-104-26-25-103-24-23-102-22-21-101-20-19-79-72(95)52-11-9-50(10-12-52)43-88-66(93)17-18-67(88)94/h4-8,17-18,38-39,50-52,58,60,71,100H,3,9-16,19-37,40-47H2,1-2H3,(H,79,95)(H,80,89)(H,81,92)(H,82,96)(H,83,90)(H,84,91)(H,86,97)/t50?,52?,58-,60-,71-,77-/m0/s1. The molecular weight excluding hydrogens is 1450 g/mol. The Morgan fingerprint density at radius 2 is 1.21 bits per heavy atom. The van der Waals surface area contributed by atoms with Crippen molar-refractivity contribution in [2.24, 2.45) is 17.8 Å². The van der Waals surface area contributed by atoms with Gasteiger partial charge in [0.05, 0.1) is 167 Å². The van der Waals surface area contributed by atoms with E-state index in [1.165, 1.54) is 27.7 Å². The molecule has 3 aliphatic heterocycles. The molecular formula is C77H101FN10O23. The van der Waals surface area contributed by atoms with Crippen LogP contribution in [0.25, 0.3) is 22.3 Å². The number of aromatic nitrogens is 2. The van der Waals surface area contributed by atoms with Crippen molar-refractivity contribution < 1.29 is 110 Å². The lowest BCUT2D eigenvalue weighted by Gasteiger charge is -2.31. The maximum Gasteiger partial charge on any atom is 0.343 e. The SMILES string of the molecule is CC[C@@]1(O)C(=O)OCc2c1cc1n(c2=O)Cc2c-1nc1cc(F)c(C)c3c1c2[C@@H](NC(=O)[C@@H](OCNC(=O)CNC(=O)[C@H](Cc1ccccc1)NC(=O)CNC(=O)CNC(=O)COCCOCCOCCOCCOCCOCCOCCOCCOCCNC(=O)C1CCC(CN2C(=O)C=CC2=O)CC1)C1CC1)CC3. The second kappa shape index (κ2) is 42.5. The number of benzene rings is 2. The van der Waals surface area contributed by atoms with Gasteiger partial charge in [0.25, 0.3) is 17.4 Å². The van der Waals surface area contributed by atoms with Crippen molar-refractivity contribution in [3.8, 4) is 11.4 Å². The van der Waals surface area contributed by atoms with Gasteiger partial charge in [-0.05, 0) is 105 Å². The summed E-state index contributed by atoms with van der Waals surface area (Å²) in [5, 5.41) is 30.8. The van der Waals surface area contributed by atoms with Gasteiger partial charge in [0, 0.05) is 60.2 Å². The zero-order chi connectivity index (χ0) is 78.7. The van der Waals surface area contributed by atoms with E-state index >= 15 is 4.39 Å². The van der Waals surface area contributed by atoms with Crippen molar-refractivity contribution in [3.63, 3.8) is 0 Å². The molecule has 2 aromatic heterocycles. The third kappa shape index (κ3) is 24.0. The number of hydrogen-bond donors (Lipinski definition) is 8. The largest absolute Gasteiger partial charge is 0.458 e. The molecule has 6 aliphatic rings. The summed E-state index contributed by atoms with van der Waals surface area (Å²) in [4.78, 5) is 149. The molecule has 4 atom stereocenters. The molecule has 604 valence electrons. The van der Waals surface area contributed by atoms with E-state index in [0.29, 0.717) is 176 Å². The number of rotatable bonds is 49. The topological polar surface area (TPSA) is 415 Å². The number of halogens is 1. The Labute approximate surface area is 641 Å². The number of aliphatic hydroxyl groups is 1. The molecule has 2 fully saturated rings. The summed E-state index contributed by atoms with van der Waals surface area (Å²) in [6, 6.07) is 9.87. The number of cyclic esters (lactones) is 1. The number of imide groups is 1. The van der Waals surface area contributed by atoms with Crippen LogP contribution in [0.1, 0.15) is 103 Å². The van der Waals surface area contributed by atoms with Gasteiger partial charge in [-0.15, -0.1) is 0 Å². The zero-order valence-corrected chi connectivity index (χ0v) is 62.8. The lowest BCUT2D eigenvalue weighted by atomic mass is 9.81. The van der Waals surface area contributed by atoms with Crippen molar-refractivity contribution in [1.29, 1.82) is 0 Å². The summed E-state index contributed by atoms with van der Waals surface area (Å²) in [6.45, 7) is 7.50. The van der Waals surface area contributed by atoms with E-state index < -0.39 is 103 Å². The Morgan fingerprint density at radius 1 is 0.640 bits per heavy atom. The van der Waals surface area contributed by atoms with Crippen LogP contribution in [-0.2, 0) is 132 Å². The lowest BCUT2D eigenvalue weighted by molar-refractivity contribution is -0.172. The molecule has 0 bridgehead atoms. The monoisotopic (exact) mass is 1550 g/mol. The summed E-state index contributed by atoms with van der Waals surface area (Å²) in [6.07, 6.45) is 6.75. The molecule has 5 heterocycles. The average molecular weight is 1550 g/mol. The predicted octanol–water partition coefficient (Wildman–Crippen LogP) is 0.573. The molecule has 0 spiro atoms. The van der Waals surface area contributed by atoms with Gasteiger partial charge in [-0.1, -0.05) is 37.3 Å². The fraction of sp³-hybridized carbons (Fsp3) is 0.584. The number of amides is 9. The fourth-order valence-corrected chi connectivity index (χ4v) is 13.9. The Hall–Kier alpha value is -9.07. The highest BCUT2D eigenvalue weighted by atomic mass is 19.1. The molecule has 2 saturated carbocycles. The van der Waals surface area contributed by atoms with Gasteiger partial charge in [0.1, 0.15) is 37.9 Å². The maximum atomic E-state index is 15.6. The van der Waals surface area contributed by atoms with E-state index in [4.69, 9.17) is 57.1 Å². The summed E-state index contributed by atoms with van der Waals surface area (Å²) in [5.41, 5.74) is 1.89. The molecule has 8 N–H and O–H groups in total. The molecule has 111 heavy (non-hydrogen) atoms. The van der Waals surface area contributed by atoms with Crippen LogP contribution in [0, 0.1) is 30.5 Å². The highest BCUT2D eigenvalue weighted by Crippen LogP contribution is 2.46. The van der Waals surface area contributed by atoms with E-state index in [0.717, 1.165) is 31.2 Å². The highest BCUT2D eigenvalue weighted by molar-refractivity contribution is 6.13. The van der Waals surface area contributed by atoms with E-state index in [1.54, 1.807) is 50.2 Å². The quantitative estimate of drug-likeness (QED) is 0.0114. The Bertz CT molecular complexity index is 4000. The molecule has 3 aliphatic carbocycles. The number of aryl methyl sites for hydroxylation is 1. The second-order valence-electron chi connectivity index (χ2n) is 27.7. The molecule has 10 rings (SSSR count). The van der Waals surface area contributed by atoms with Gasteiger partial charge in [-0.3, -0.25) is 52.8 Å². The molecule has 0 radical (unpaired) electrons. The molecule has 33 nitrogen and oxygen atoms in total. The summed E-state index contributed by atoms with van der Waals surface area (Å²) < 4.78 is 77.8. The fourth-order valence-electron chi connectivity index (χ4n) is 13.9. The summed E-state index contributed by atoms with van der Waals surface area (Å²) in [5.74, 6) is -5.72. The first-order valence-electron chi connectivity index (χ1n) is 38.0. The van der Waals surface area contributed by atoms with Crippen molar-refractivity contribution >= 4 is 70.0 Å². The van der Waals surface area contributed by atoms with Crippen molar-refractivity contribution in [2.45, 2.75) is 115 Å². The minimum atomic E-state index is -2.06. The first kappa shape index (κ1) is 84.4. The minimum absolute atomic E-state index is 0.00593. The number of esters is 1. The van der Waals surface area contributed by atoms with Crippen molar-refractivity contribution in [1.82, 2.24) is 51.7 Å². The van der Waals surface area contributed by atoms with Crippen LogP contribution in [0.15, 0.2) is 59.4 Å². The molecule has 2 aromatic carbocycles. The number of nitrogens with one attached hydrogen (secondary N) is 7. The van der Waals surface area contributed by atoms with Crippen LogP contribution in [0.3, 0.4) is 0 Å². The second-order valence-corrected chi connectivity index (χ2v) is 27.7. The van der Waals surface area contributed by atoms with Crippen LogP contribution in [0.2, 0.25) is 0 Å². The van der Waals surface area contributed by atoms with Gasteiger partial charge in [-0.2, -0.15) is 0 Å². The average Bonchev–Trinajstić information content (AvgIpc) is 1.56. The number of hydrogen-bond acceptors (Lipinski definition) is 24. The predicted molar refractivity (Wildman–Crippen MR) is 392 cm³/mol. The molecule has 0 saturated heterocycles. The van der Waals surface area contributed by atoms with Crippen molar-refractivity contribution in [3.05, 3.63) is 110 Å². The first-order valence-corrected chi connectivity index (χ1v) is 38.0. The van der Waals surface area contributed by atoms with E-state index in [-0.39, 0.29) is 99.0 Å². The number of pyridine rings is 2. The number of nitrogens with zero attached hydrogens (tertiary/aromatic N) is 3. The Morgan fingerprint density at radius 3 is 1.81 bits per heavy atom. The normalized spacial score (nSPS) is 18.7. The van der Waals surface area contributed by atoms with Crippen LogP contribution in [-0.4, -0.2) is 249 Å². The van der Waals surface area contributed by atoms with Gasteiger partial charge in [0.15, 0.2) is 5.60 Å². The van der Waals surface area contributed by atoms with Crippen molar-refractivity contribution in [2.75, 3.05) is 158 Å². The maximum absolute atomic E-state index is 15.6. The molecule has 34 heteroatoms. The number of carbonyl (C=O) groups excluding carboxylic acids is 10. The van der Waals surface area contributed by atoms with Crippen LogP contribution >= 0.6 is 0 Å². The number of carbonyl (C=O) groups is 10. The zero-order valence-electron chi connectivity index (χ0n) is 62.8. The molecule has 0 unspecified atom stereocenters. The van der Waals surface area contributed by atoms with Gasteiger partial charge in [-0.25, -0.2) is 14.2 Å². The highest BCUT2D eigenvalue weighted by Gasteiger charge is 2.47. The van der Waals surface area contributed by atoms with E-state index in [2.05, 4.69) is 37.2 Å². The first-order chi connectivity index (χ1) is 53.8. The number of fused-ring (bicyclic) bond motifs is 5. The molecule has 9 amide bonds. The summed E-state index contributed by atoms with van der Waals surface area (Å²) in [7, 11) is 0. The van der Waals surface area contributed by atoms with E-state index in [1.807, 2.05) is 0 Å². The Kier molecular flexibility index (Phi) is 32.3. The lowest BCUT2D eigenvalue weighted by Crippen LogP contribution is -2.52. The summed E-state index contributed by atoms with van der Waals surface area (Å²) >= 11 is 0. The minimum Gasteiger partial charge on any atom is -0.458 e. The van der Waals surface area contributed by atoms with Crippen LogP contribution in [0.4, 0.5) is 4.39 Å². The van der Waals surface area contributed by atoms with Gasteiger partial charge in [0.2, 0.25) is 41.4 Å².